The quantitative estimate of drug-likeness (QED) is 0.690. The third kappa shape index (κ3) is 2.62. The van der Waals surface area contributed by atoms with E-state index in [1.54, 1.807) is 11.8 Å². The van der Waals surface area contributed by atoms with Crippen LogP contribution in [-0.4, -0.2) is 6.26 Å². The van der Waals surface area contributed by atoms with Crippen LogP contribution in [0.1, 0.15) is 18.1 Å². The average Bonchev–Trinajstić information content (AvgIpc) is 2.41. The van der Waals surface area contributed by atoms with Crippen LogP contribution in [-0.2, 0) is 0 Å². The highest BCUT2D eigenvalue weighted by molar-refractivity contribution is 7.98. The van der Waals surface area contributed by atoms with Gasteiger partial charge in [-0.05, 0) is 35.9 Å². The highest BCUT2D eigenvalue weighted by atomic mass is 32.2. The van der Waals surface area contributed by atoms with E-state index >= 15 is 0 Å². The number of hydrogen-bond acceptors (Lipinski definition) is 1. The van der Waals surface area contributed by atoms with Gasteiger partial charge in [0.15, 0.2) is 0 Å². The molecular formula is C16H16S. The fourth-order valence-electron chi connectivity index (χ4n) is 1.96. The highest BCUT2D eigenvalue weighted by Gasteiger charge is 2.07. The minimum atomic E-state index is 1.27. The molecule has 0 aromatic heterocycles. The Morgan fingerprint density at radius 2 is 1.59 bits per heavy atom. The standard InChI is InChI=1S/C16H16S/c1-3-14(13-9-5-4-6-10-13)15-11-7-8-12-16(15)17-2/h3-12H,1-2H3. The Hall–Kier alpha value is -1.47. The number of benzene rings is 2. The predicted octanol–water partition coefficient (Wildman–Crippen LogP) is 4.86. The molecule has 0 amide bonds. The molecule has 0 aliphatic heterocycles. The van der Waals surface area contributed by atoms with Crippen molar-refractivity contribution in [2.75, 3.05) is 6.26 Å². The Kier molecular flexibility index (Phi) is 4.05. The lowest BCUT2D eigenvalue weighted by Gasteiger charge is -2.11. The molecule has 2 aromatic rings. The Bertz CT molecular complexity index is 512. The Morgan fingerprint density at radius 1 is 0.941 bits per heavy atom. The number of thioether (sulfide) groups is 1. The van der Waals surface area contributed by atoms with Crippen LogP contribution >= 0.6 is 11.8 Å². The summed E-state index contributed by atoms with van der Waals surface area (Å²) < 4.78 is 0. The van der Waals surface area contributed by atoms with Gasteiger partial charge in [-0.2, -0.15) is 0 Å². The Labute approximate surface area is 107 Å². The van der Waals surface area contributed by atoms with Crippen LogP contribution in [0.3, 0.4) is 0 Å². The van der Waals surface area contributed by atoms with Gasteiger partial charge in [-0.15, -0.1) is 11.8 Å². The second-order valence-electron chi connectivity index (χ2n) is 3.77. The van der Waals surface area contributed by atoms with Crippen LogP contribution in [0.5, 0.6) is 0 Å². The van der Waals surface area contributed by atoms with Crippen molar-refractivity contribution in [3.05, 3.63) is 71.8 Å². The summed E-state index contributed by atoms with van der Waals surface area (Å²) >= 11 is 1.79. The van der Waals surface area contributed by atoms with Crippen LogP contribution in [0.25, 0.3) is 5.57 Å². The van der Waals surface area contributed by atoms with E-state index in [1.165, 1.54) is 21.6 Å². The largest absolute Gasteiger partial charge is 0.129 e. The molecule has 0 heterocycles. The van der Waals surface area contributed by atoms with Gasteiger partial charge in [0.1, 0.15) is 0 Å². The predicted molar refractivity (Wildman–Crippen MR) is 77.4 cm³/mol. The number of allylic oxidation sites excluding steroid dienone is 1. The molecule has 2 aromatic carbocycles. The first kappa shape index (κ1) is 12.0. The van der Waals surface area contributed by atoms with Crippen molar-refractivity contribution in [3.63, 3.8) is 0 Å². The Balaban J connectivity index is 2.51. The first-order chi connectivity index (χ1) is 8.36. The molecule has 2 rings (SSSR count). The van der Waals surface area contributed by atoms with Crippen molar-refractivity contribution in [2.45, 2.75) is 11.8 Å². The molecule has 0 aliphatic rings. The van der Waals surface area contributed by atoms with Gasteiger partial charge in [0, 0.05) is 4.90 Å². The number of hydrogen-bond donors (Lipinski definition) is 0. The zero-order valence-corrected chi connectivity index (χ0v) is 11.0. The molecule has 0 radical (unpaired) electrons. The van der Waals surface area contributed by atoms with Gasteiger partial charge in [-0.3, -0.25) is 0 Å². The van der Waals surface area contributed by atoms with E-state index in [0.29, 0.717) is 0 Å². The molecule has 0 aliphatic carbocycles. The van der Waals surface area contributed by atoms with E-state index in [-0.39, 0.29) is 0 Å². The van der Waals surface area contributed by atoms with Crippen LogP contribution in [0.4, 0.5) is 0 Å². The third-order valence-corrected chi connectivity index (χ3v) is 3.57. The van der Waals surface area contributed by atoms with Crippen LogP contribution in [0.15, 0.2) is 65.6 Å². The molecule has 0 fully saturated rings. The molecule has 0 saturated carbocycles. The summed E-state index contributed by atoms with van der Waals surface area (Å²) in [5.41, 5.74) is 3.89. The first-order valence-electron chi connectivity index (χ1n) is 5.72. The lowest BCUT2D eigenvalue weighted by Crippen LogP contribution is -1.89. The SMILES string of the molecule is CC=C(c1ccccc1)c1ccccc1SC. The summed E-state index contributed by atoms with van der Waals surface area (Å²) in [5.74, 6) is 0. The minimum Gasteiger partial charge on any atom is -0.129 e. The van der Waals surface area contributed by atoms with Gasteiger partial charge >= 0.3 is 0 Å². The summed E-state index contributed by atoms with van der Waals surface area (Å²) in [7, 11) is 0. The van der Waals surface area contributed by atoms with E-state index < -0.39 is 0 Å². The van der Waals surface area contributed by atoms with Gasteiger partial charge in [0.2, 0.25) is 0 Å². The summed E-state index contributed by atoms with van der Waals surface area (Å²) in [6.07, 6.45) is 4.31. The van der Waals surface area contributed by atoms with Gasteiger partial charge < -0.3 is 0 Å². The molecule has 0 nitrogen and oxygen atoms in total. The Morgan fingerprint density at radius 3 is 2.24 bits per heavy atom. The van der Waals surface area contributed by atoms with E-state index in [9.17, 15) is 0 Å². The molecule has 0 atom stereocenters. The molecule has 0 spiro atoms. The van der Waals surface area contributed by atoms with E-state index in [2.05, 4.69) is 73.9 Å². The van der Waals surface area contributed by atoms with E-state index in [1.807, 2.05) is 0 Å². The maximum atomic E-state index is 2.19. The van der Waals surface area contributed by atoms with Crippen molar-refractivity contribution in [1.29, 1.82) is 0 Å². The van der Waals surface area contributed by atoms with Gasteiger partial charge in [0.05, 0.1) is 0 Å². The van der Waals surface area contributed by atoms with Gasteiger partial charge in [-0.25, -0.2) is 0 Å². The zero-order chi connectivity index (χ0) is 12.1. The average molecular weight is 240 g/mol. The molecule has 17 heavy (non-hydrogen) atoms. The maximum Gasteiger partial charge on any atom is 0.0148 e. The molecular weight excluding hydrogens is 224 g/mol. The van der Waals surface area contributed by atoms with Crippen molar-refractivity contribution >= 4 is 17.3 Å². The molecule has 0 bridgehead atoms. The lowest BCUT2D eigenvalue weighted by atomic mass is 9.98. The molecule has 1 heteroatoms. The molecule has 86 valence electrons. The maximum absolute atomic E-state index is 2.19. The first-order valence-corrected chi connectivity index (χ1v) is 6.94. The summed E-state index contributed by atoms with van der Waals surface area (Å²) in [6, 6.07) is 19.1. The van der Waals surface area contributed by atoms with Crippen LogP contribution in [0, 0.1) is 0 Å². The zero-order valence-electron chi connectivity index (χ0n) is 10.2. The van der Waals surface area contributed by atoms with E-state index in [0.717, 1.165) is 0 Å². The lowest BCUT2D eigenvalue weighted by molar-refractivity contribution is 1.38. The van der Waals surface area contributed by atoms with Crippen molar-refractivity contribution in [1.82, 2.24) is 0 Å². The fourth-order valence-corrected chi connectivity index (χ4v) is 2.58. The van der Waals surface area contributed by atoms with Gasteiger partial charge in [-0.1, -0.05) is 54.6 Å². The van der Waals surface area contributed by atoms with Crippen molar-refractivity contribution in [3.8, 4) is 0 Å². The van der Waals surface area contributed by atoms with Gasteiger partial charge in [0.25, 0.3) is 0 Å². The highest BCUT2D eigenvalue weighted by Crippen LogP contribution is 2.30. The molecule has 0 unspecified atom stereocenters. The number of rotatable bonds is 3. The molecule has 0 N–H and O–H groups in total. The summed E-state index contributed by atoms with van der Waals surface area (Å²) in [4.78, 5) is 1.32. The smallest absolute Gasteiger partial charge is 0.0148 e. The summed E-state index contributed by atoms with van der Waals surface area (Å²) in [5, 5.41) is 0. The minimum absolute atomic E-state index is 1.27. The monoisotopic (exact) mass is 240 g/mol. The fraction of sp³-hybridized carbons (Fsp3) is 0.125. The van der Waals surface area contributed by atoms with Crippen LogP contribution in [0.2, 0.25) is 0 Å². The topological polar surface area (TPSA) is 0 Å². The van der Waals surface area contributed by atoms with Crippen molar-refractivity contribution in [2.24, 2.45) is 0 Å². The summed E-state index contributed by atoms with van der Waals surface area (Å²) in [6.45, 7) is 2.10. The third-order valence-electron chi connectivity index (χ3n) is 2.77. The van der Waals surface area contributed by atoms with Crippen molar-refractivity contribution < 1.29 is 0 Å². The second kappa shape index (κ2) is 5.74. The normalized spacial score (nSPS) is 11.5. The van der Waals surface area contributed by atoms with Crippen LogP contribution < -0.4 is 0 Å². The van der Waals surface area contributed by atoms with E-state index in [4.69, 9.17) is 0 Å². The molecule has 0 saturated heterocycles. The second-order valence-corrected chi connectivity index (χ2v) is 4.62.